The molecule has 2 aliphatic rings. The van der Waals surface area contributed by atoms with Crippen molar-refractivity contribution in [2.24, 2.45) is 11.3 Å². The van der Waals surface area contributed by atoms with Gasteiger partial charge in [0, 0.05) is 0 Å². The van der Waals surface area contributed by atoms with Crippen LogP contribution >= 0.6 is 0 Å². The van der Waals surface area contributed by atoms with E-state index in [-0.39, 0.29) is 35.6 Å². The summed E-state index contributed by atoms with van der Waals surface area (Å²) < 4.78 is 1.46. The summed E-state index contributed by atoms with van der Waals surface area (Å²) in [4.78, 5) is 0. The zero-order valence-corrected chi connectivity index (χ0v) is 33.3. The van der Waals surface area contributed by atoms with Crippen molar-refractivity contribution in [1.82, 2.24) is 0 Å². The van der Waals surface area contributed by atoms with Crippen LogP contribution in [-0.2, 0) is 41.5 Å². The van der Waals surface area contributed by atoms with Crippen molar-refractivity contribution in [3.05, 3.63) is 117 Å². The maximum absolute atomic E-state index is 3.69. The van der Waals surface area contributed by atoms with E-state index in [1.54, 1.807) is 0 Å². The fraction of sp³-hybridized carbons (Fsp3) is 0.439. The van der Waals surface area contributed by atoms with Gasteiger partial charge in [-0.3, -0.25) is 6.08 Å². The topological polar surface area (TPSA) is 0 Å². The SMILES string of the molecule is CC1[C-]=CC(C(C)(C)C)=C1.C[C](=[Zr+2])c1ccccc1.Cc1[c-]c2c(cc1C(C)(C)C)-c1cc(C(C)(C)C)c(C)cc1C2.[Cl-].[Cl-]. The first-order valence-corrected chi connectivity index (χ1v) is 16.6. The molecule has 1 unspecified atom stereocenters. The molecule has 3 aromatic carbocycles. The molecule has 0 fully saturated rings. The van der Waals surface area contributed by atoms with Crippen molar-refractivity contribution in [3.63, 3.8) is 0 Å². The summed E-state index contributed by atoms with van der Waals surface area (Å²) in [6.45, 7) is 29.3. The molecule has 0 saturated heterocycles. The van der Waals surface area contributed by atoms with Gasteiger partial charge in [-0.1, -0.05) is 111 Å². The third-order valence-corrected chi connectivity index (χ3v) is 8.79. The molecule has 0 aliphatic heterocycles. The number of benzene rings is 3. The van der Waals surface area contributed by atoms with Gasteiger partial charge >= 0.3 is 70.3 Å². The second-order valence-corrected chi connectivity index (χ2v) is 17.0. The van der Waals surface area contributed by atoms with Crippen LogP contribution < -0.4 is 24.8 Å². The average Bonchev–Trinajstić information content (AvgIpc) is 3.45. The van der Waals surface area contributed by atoms with Crippen LogP contribution in [-0.4, -0.2) is 3.21 Å². The third kappa shape index (κ3) is 10.5. The monoisotopic (exact) mass is 704 g/mol. The molecule has 5 rings (SSSR count). The summed E-state index contributed by atoms with van der Waals surface area (Å²) in [5.74, 6) is 0.522. The molecule has 0 saturated carbocycles. The minimum Gasteiger partial charge on any atom is -1.00 e. The number of aryl methyl sites for hydroxylation is 2. The Bertz CT molecular complexity index is 1420. The standard InChI is InChI=1S/C23H29.C10H15.C8H8.2ClH.Zr/c1-14-9-16-11-17-10-15(2)21(23(6,7)8)13-19(17)18(16)12-20(14)22(3,4)5;1-8-5-6-9(7-8)10(2,3)4;1-2-8-6-4-3-5-7-8;;;/h9,12-13H,11H2,1-8H3;6-8H,1-4H3;3-7H,1H3;2*1H;/q2*-1;;;;+2/p-2. The van der Waals surface area contributed by atoms with Crippen molar-refractivity contribution < 1.29 is 49.0 Å². The van der Waals surface area contributed by atoms with Crippen LogP contribution in [0, 0.1) is 37.3 Å². The fourth-order valence-corrected chi connectivity index (χ4v) is 6.17. The van der Waals surface area contributed by atoms with Gasteiger partial charge in [0.2, 0.25) is 0 Å². The Kier molecular flexibility index (Phi) is 14.6. The molecule has 0 radical (unpaired) electrons. The molecule has 2 aliphatic carbocycles. The smallest absolute Gasteiger partial charge is 0.0129 e. The number of hydrogen-bond donors (Lipinski definition) is 0. The van der Waals surface area contributed by atoms with Crippen molar-refractivity contribution >= 4 is 3.21 Å². The van der Waals surface area contributed by atoms with E-state index in [1.165, 1.54) is 83.1 Å². The number of halogens is 2. The summed E-state index contributed by atoms with van der Waals surface area (Å²) >= 11 is 1.51. The van der Waals surface area contributed by atoms with E-state index in [9.17, 15) is 0 Å². The second kappa shape index (κ2) is 15.8. The number of fused-ring (bicyclic) bond motifs is 3. The van der Waals surface area contributed by atoms with Gasteiger partial charge in [0.25, 0.3) is 0 Å². The summed E-state index contributed by atoms with van der Waals surface area (Å²) in [5.41, 5.74) is 14.7. The predicted molar refractivity (Wildman–Crippen MR) is 181 cm³/mol. The Hall–Kier alpha value is -1.53. The molecule has 1 atom stereocenters. The van der Waals surface area contributed by atoms with Gasteiger partial charge in [-0.2, -0.15) is 29.3 Å². The number of allylic oxidation sites excluding steroid dienone is 4. The van der Waals surface area contributed by atoms with E-state index in [0.717, 1.165) is 6.42 Å². The molecule has 236 valence electrons. The number of hydrogen-bond acceptors (Lipinski definition) is 0. The van der Waals surface area contributed by atoms with E-state index in [0.29, 0.717) is 11.3 Å². The van der Waals surface area contributed by atoms with Crippen LogP contribution in [0.2, 0.25) is 0 Å². The van der Waals surface area contributed by atoms with E-state index in [4.69, 9.17) is 0 Å². The van der Waals surface area contributed by atoms with E-state index in [1.807, 2.05) is 6.07 Å². The molecule has 0 spiro atoms. The molecule has 0 aromatic heterocycles. The van der Waals surface area contributed by atoms with Gasteiger partial charge in [-0.15, -0.1) is 16.7 Å². The molecule has 3 aromatic rings. The summed E-state index contributed by atoms with van der Waals surface area (Å²) in [6, 6.07) is 21.4. The van der Waals surface area contributed by atoms with E-state index >= 15 is 0 Å². The fourth-order valence-electron chi connectivity index (χ4n) is 5.76. The first-order chi connectivity index (χ1) is 19.3. The molecule has 3 heteroatoms. The average molecular weight is 707 g/mol. The van der Waals surface area contributed by atoms with Gasteiger partial charge in [0.05, 0.1) is 0 Å². The van der Waals surface area contributed by atoms with Crippen LogP contribution in [0.5, 0.6) is 0 Å². The van der Waals surface area contributed by atoms with Crippen LogP contribution in [0.3, 0.4) is 0 Å². The minimum absolute atomic E-state index is 0. The molecule has 0 amide bonds. The molecule has 44 heavy (non-hydrogen) atoms. The zero-order chi connectivity index (χ0) is 31.6. The van der Waals surface area contributed by atoms with Crippen LogP contribution in [0.4, 0.5) is 0 Å². The predicted octanol–water partition coefficient (Wildman–Crippen LogP) is 5.02. The maximum atomic E-state index is 3.69. The molecular weight excluding hydrogens is 655 g/mol. The summed E-state index contributed by atoms with van der Waals surface area (Å²) in [7, 11) is 0. The Morgan fingerprint density at radius 2 is 1.32 bits per heavy atom. The molecule has 0 nitrogen and oxygen atoms in total. The van der Waals surface area contributed by atoms with Crippen molar-refractivity contribution in [3.8, 4) is 11.1 Å². The summed E-state index contributed by atoms with van der Waals surface area (Å²) in [5, 5.41) is 0. The van der Waals surface area contributed by atoms with Gasteiger partial charge in [-0.25, -0.2) is 6.08 Å². The summed E-state index contributed by atoms with van der Waals surface area (Å²) in [6.07, 6.45) is 8.68. The normalized spacial score (nSPS) is 14.9. The minimum atomic E-state index is 0. The Morgan fingerprint density at radius 3 is 1.73 bits per heavy atom. The van der Waals surface area contributed by atoms with E-state index in [2.05, 4.69) is 157 Å². The first-order valence-electron chi connectivity index (χ1n) is 15.4. The quantitative estimate of drug-likeness (QED) is 0.244. The Balaban J connectivity index is 0.000000383. The van der Waals surface area contributed by atoms with Gasteiger partial charge < -0.3 is 24.8 Å². The zero-order valence-electron chi connectivity index (χ0n) is 29.3. The van der Waals surface area contributed by atoms with Crippen LogP contribution in [0.1, 0.15) is 115 Å². The van der Waals surface area contributed by atoms with Gasteiger partial charge in [-0.05, 0) is 35.4 Å². The molecular formula is C41H52Cl2Zr-2. The largest absolute Gasteiger partial charge is 1.00 e. The molecule has 0 heterocycles. The van der Waals surface area contributed by atoms with Crippen molar-refractivity contribution in [2.45, 2.75) is 107 Å². The second-order valence-electron chi connectivity index (χ2n) is 15.2. The Morgan fingerprint density at radius 1 is 0.773 bits per heavy atom. The van der Waals surface area contributed by atoms with E-state index < -0.39 is 0 Å². The Labute approximate surface area is 297 Å². The van der Waals surface area contributed by atoms with Crippen molar-refractivity contribution in [2.75, 3.05) is 0 Å². The first kappa shape index (κ1) is 40.5. The maximum Gasteiger partial charge on any atom is -0.0129 e. The van der Waals surface area contributed by atoms with Crippen LogP contribution in [0.15, 0.2) is 66.3 Å². The van der Waals surface area contributed by atoms with Gasteiger partial charge in [0.1, 0.15) is 0 Å². The molecule has 0 N–H and O–H groups in total. The van der Waals surface area contributed by atoms with Crippen molar-refractivity contribution in [1.29, 1.82) is 0 Å². The van der Waals surface area contributed by atoms with Gasteiger partial charge in [0.15, 0.2) is 0 Å². The molecule has 0 bridgehead atoms. The number of rotatable bonds is 1. The van der Waals surface area contributed by atoms with Crippen LogP contribution in [0.25, 0.3) is 11.1 Å². The third-order valence-electron chi connectivity index (χ3n) is 8.08.